The van der Waals surface area contributed by atoms with Gasteiger partial charge in [-0.2, -0.15) is 0 Å². The zero-order valence-corrected chi connectivity index (χ0v) is 17.7. The Morgan fingerprint density at radius 2 is 1.90 bits per heavy atom. The summed E-state index contributed by atoms with van der Waals surface area (Å²) in [6.45, 7) is 2.78. The van der Waals surface area contributed by atoms with Crippen LogP contribution in [-0.2, 0) is 9.59 Å². The van der Waals surface area contributed by atoms with Crippen molar-refractivity contribution in [1.29, 1.82) is 0 Å². The van der Waals surface area contributed by atoms with Crippen LogP contribution < -0.4 is 19.7 Å². The lowest BCUT2D eigenvalue weighted by Gasteiger charge is -2.23. The molecule has 2 aliphatic rings. The molecule has 0 bridgehead atoms. The van der Waals surface area contributed by atoms with Crippen LogP contribution in [-0.4, -0.2) is 31.6 Å². The fraction of sp³-hybridized carbons (Fsp3) is 0.333. The first-order chi connectivity index (χ1) is 14.3. The average molecular weight is 481 g/mol. The van der Waals surface area contributed by atoms with Crippen molar-refractivity contribution in [2.75, 3.05) is 24.7 Å². The van der Waals surface area contributed by atoms with Gasteiger partial charge in [-0.15, -0.1) is 0 Å². The molecule has 1 N–H and O–H groups in total. The molecule has 6 nitrogen and oxygen atoms in total. The Kier molecular flexibility index (Phi) is 5.64. The zero-order valence-electron chi connectivity index (χ0n) is 16.1. The van der Waals surface area contributed by atoms with Crippen molar-refractivity contribution >= 4 is 33.4 Å². The molecule has 2 amide bonds. The van der Waals surface area contributed by atoms with E-state index in [1.54, 1.807) is 6.07 Å². The Bertz CT molecular complexity index is 1020. The summed E-state index contributed by atoms with van der Waals surface area (Å²) < 4.78 is 39.1. The predicted molar refractivity (Wildman–Crippen MR) is 109 cm³/mol. The maximum atomic E-state index is 14.1. The fourth-order valence-corrected chi connectivity index (χ4v) is 4.30. The molecule has 0 saturated carbocycles. The second-order valence-electron chi connectivity index (χ2n) is 7.25. The predicted octanol–water partition coefficient (Wildman–Crippen LogP) is 3.73. The lowest BCUT2D eigenvalue weighted by atomic mass is 10.0. The first-order valence-electron chi connectivity index (χ1n) is 9.48. The van der Waals surface area contributed by atoms with Gasteiger partial charge in [0.1, 0.15) is 24.8 Å². The van der Waals surface area contributed by atoms with E-state index in [-0.39, 0.29) is 36.5 Å². The highest BCUT2D eigenvalue weighted by Crippen LogP contribution is 2.38. The Labute approximate surface area is 180 Å². The molecule has 4 rings (SSSR count). The van der Waals surface area contributed by atoms with Gasteiger partial charge in [-0.1, -0.05) is 15.9 Å². The molecular weight excluding hydrogens is 462 g/mol. The highest BCUT2D eigenvalue weighted by molar-refractivity contribution is 9.10. The number of benzene rings is 2. The summed E-state index contributed by atoms with van der Waals surface area (Å²) >= 11 is 3.49. The van der Waals surface area contributed by atoms with Crippen molar-refractivity contribution in [3.05, 3.63) is 52.0 Å². The minimum Gasteiger partial charge on any atom is -0.486 e. The number of anilines is 1. The number of hydrogen-bond acceptors (Lipinski definition) is 4. The molecular formula is C21H19BrF2N2O4. The van der Waals surface area contributed by atoms with Gasteiger partial charge in [-0.05, 0) is 36.8 Å². The van der Waals surface area contributed by atoms with Crippen LogP contribution in [0.3, 0.4) is 0 Å². The third kappa shape index (κ3) is 3.98. The van der Waals surface area contributed by atoms with Crippen LogP contribution in [0, 0.1) is 17.6 Å². The minimum atomic E-state index is -0.835. The van der Waals surface area contributed by atoms with Gasteiger partial charge in [0.15, 0.2) is 11.5 Å². The molecule has 0 aromatic heterocycles. The standard InChI is InChI=1S/C21H19BrF2N2O4/c1-11(14-8-18-19(9-15(14)22)30-5-4-29-18)25-21(28)12-6-20(27)26(10-12)17-3-2-13(23)7-16(17)24/h2-3,7-9,11-12H,4-6,10H2,1H3,(H,25,28). The molecule has 9 heteroatoms. The Balaban J connectivity index is 1.46. The van der Waals surface area contributed by atoms with E-state index < -0.39 is 17.6 Å². The highest BCUT2D eigenvalue weighted by atomic mass is 79.9. The number of fused-ring (bicyclic) bond motifs is 1. The smallest absolute Gasteiger partial charge is 0.227 e. The van der Waals surface area contributed by atoms with Crippen molar-refractivity contribution < 1.29 is 27.8 Å². The minimum absolute atomic E-state index is 0.0284. The number of carbonyl (C=O) groups excluding carboxylic acids is 2. The summed E-state index contributed by atoms with van der Waals surface area (Å²) in [5.41, 5.74) is 0.776. The molecule has 2 aliphatic heterocycles. The number of nitrogens with one attached hydrogen (secondary N) is 1. The third-order valence-electron chi connectivity index (χ3n) is 5.18. The summed E-state index contributed by atoms with van der Waals surface area (Å²) in [4.78, 5) is 26.3. The number of halogens is 3. The molecule has 2 aromatic rings. The molecule has 0 aliphatic carbocycles. The second-order valence-corrected chi connectivity index (χ2v) is 8.10. The molecule has 2 heterocycles. The number of rotatable bonds is 4. The molecule has 158 valence electrons. The zero-order chi connectivity index (χ0) is 21.4. The van der Waals surface area contributed by atoms with E-state index in [2.05, 4.69) is 21.2 Å². The normalized spacial score (nSPS) is 19.0. The number of hydrogen-bond donors (Lipinski definition) is 1. The van der Waals surface area contributed by atoms with Crippen molar-refractivity contribution in [2.24, 2.45) is 5.92 Å². The molecule has 0 spiro atoms. The van der Waals surface area contributed by atoms with Crippen LogP contribution in [0.25, 0.3) is 0 Å². The van der Waals surface area contributed by atoms with Gasteiger partial charge in [0, 0.05) is 23.5 Å². The van der Waals surface area contributed by atoms with Crippen molar-refractivity contribution in [3.8, 4) is 11.5 Å². The van der Waals surface area contributed by atoms with Gasteiger partial charge < -0.3 is 19.7 Å². The molecule has 30 heavy (non-hydrogen) atoms. The average Bonchev–Trinajstić information content (AvgIpc) is 3.09. The largest absolute Gasteiger partial charge is 0.486 e. The number of carbonyl (C=O) groups is 2. The van der Waals surface area contributed by atoms with E-state index >= 15 is 0 Å². The van der Waals surface area contributed by atoms with Gasteiger partial charge in [0.2, 0.25) is 11.8 Å². The van der Waals surface area contributed by atoms with E-state index in [1.807, 2.05) is 13.0 Å². The fourth-order valence-electron chi connectivity index (χ4n) is 3.64. The lowest BCUT2D eigenvalue weighted by Crippen LogP contribution is -2.35. The molecule has 0 radical (unpaired) electrons. The number of ether oxygens (including phenoxy) is 2. The van der Waals surface area contributed by atoms with Crippen molar-refractivity contribution in [2.45, 2.75) is 19.4 Å². The van der Waals surface area contributed by atoms with Gasteiger partial charge in [-0.25, -0.2) is 8.78 Å². The van der Waals surface area contributed by atoms with Crippen LogP contribution in [0.5, 0.6) is 11.5 Å². The summed E-state index contributed by atoms with van der Waals surface area (Å²) in [6, 6.07) is 6.25. The first kappa shape index (κ1) is 20.6. The van der Waals surface area contributed by atoms with Crippen LogP contribution >= 0.6 is 15.9 Å². The number of amides is 2. The first-order valence-corrected chi connectivity index (χ1v) is 10.3. The van der Waals surface area contributed by atoms with Crippen molar-refractivity contribution in [1.82, 2.24) is 5.32 Å². The van der Waals surface area contributed by atoms with Gasteiger partial charge >= 0.3 is 0 Å². The van der Waals surface area contributed by atoms with Gasteiger partial charge in [0.05, 0.1) is 17.6 Å². The van der Waals surface area contributed by atoms with Crippen molar-refractivity contribution in [3.63, 3.8) is 0 Å². The molecule has 1 saturated heterocycles. The van der Waals surface area contributed by atoms with Crippen LogP contribution in [0.4, 0.5) is 14.5 Å². The Morgan fingerprint density at radius 1 is 1.20 bits per heavy atom. The summed E-state index contributed by atoms with van der Waals surface area (Å²) in [6.07, 6.45) is -0.0440. The lowest BCUT2D eigenvalue weighted by molar-refractivity contribution is -0.126. The maximum absolute atomic E-state index is 14.1. The van der Waals surface area contributed by atoms with E-state index in [0.29, 0.717) is 24.7 Å². The second kappa shape index (κ2) is 8.22. The maximum Gasteiger partial charge on any atom is 0.227 e. The van der Waals surface area contributed by atoms with Crippen LogP contribution in [0.1, 0.15) is 24.9 Å². The number of nitrogens with zero attached hydrogens (tertiary/aromatic N) is 1. The highest BCUT2D eigenvalue weighted by Gasteiger charge is 2.37. The van der Waals surface area contributed by atoms with Crippen LogP contribution in [0.15, 0.2) is 34.8 Å². The summed E-state index contributed by atoms with van der Waals surface area (Å²) in [7, 11) is 0. The molecule has 2 atom stereocenters. The monoisotopic (exact) mass is 480 g/mol. The summed E-state index contributed by atoms with van der Waals surface area (Å²) in [5.74, 6) is -1.66. The molecule has 2 aromatic carbocycles. The van der Waals surface area contributed by atoms with E-state index in [0.717, 1.165) is 22.2 Å². The van der Waals surface area contributed by atoms with Gasteiger partial charge in [0.25, 0.3) is 0 Å². The Hall–Kier alpha value is -2.68. The molecule has 2 unspecified atom stereocenters. The third-order valence-corrected chi connectivity index (χ3v) is 5.87. The van der Waals surface area contributed by atoms with E-state index in [9.17, 15) is 18.4 Å². The van der Waals surface area contributed by atoms with Gasteiger partial charge in [-0.3, -0.25) is 9.59 Å². The quantitative estimate of drug-likeness (QED) is 0.723. The summed E-state index contributed by atoms with van der Waals surface area (Å²) in [5, 5.41) is 2.90. The topological polar surface area (TPSA) is 67.9 Å². The Morgan fingerprint density at radius 3 is 2.60 bits per heavy atom. The molecule has 1 fully saturated rings. The van der Waals surface area contributed by atoms with E-state index in [1.165, 1.54) is 11.0 Å². The van der Waals surface area contributed by atoms with Crippen LogP contribution in [0.2, 0.25) is 0 Å². The van der Waals surface area contributed by atoms with E-state index in [4.69, 9.17) is 9.47 Å². The SMILES string of the molecule is CC(NC(=O)C1CC(=O)N(c2ccc(F)cc2F)C1)c1cc2c(cc1Br)OCCO2.